The number of anilines is 1. The molecule has 1 fully saturated rings. The van der Waals surface area contributed by atoms with Gasteiger partial charge in [0.05, 0.1) is 11.4 Å². The molecular formula is C17H17N5. The smallest absolute Gasteiger partial charge is 0.222 e. The van der Waals surface area contributed by atoms with E-state index in [4.69, 9.17) is 0 Å². The van der Waals surface area contributed by atoms with E-state index in [2.05, 4.69) is 27.3 Å². The Bertz CT molecular complexity index is 773. The standard InChI is InChI=1S/C17H17N5/c1-12-11-22(15-5-3-2-4-6-15)21-16(12)13-9-18-17(19-10-13)20-14-7-8-14/h2-6,9-11,14H,7-8H2,1H3,(H,18,19,20). The fourth-order valence-electron chi connectivity index (χ4n) is 2.39. The molecule has 1 saturated carbocycles. The minimum atomic E-state index is 0.560. The number of aromatic nitrogens is 4. The Kier molecular flexibility index (Phi) is 3.11. The number of aryl methyl sites for hydroxylation is 1. The zero-order valence-corrected chi connectivity index (χ0v) is 12.4. The van der Waals surface area contributed by atoms with Crippen molar-refractivity contribution in [1.82, 2.24) is 19.7 Å². The lowest BCUT2D eigenvalue weighted by atomic mass is 10.2. The van der Waals surface area contributed by atoms with E-state index in [0.717, 1.165) is 22.5 Å². The van der Waals surface area contributed by atoms with E-state index in [1.165, 1.54) is 12.8 Å². The number of hydrogen-bond donors (Lipinski definition) is 1. The zero-order valence-electron chi connectivity index (χ0n) is 12.4. The van der Waals surface area contributed by atoms with Gasteiger partial charge in [-0.2, -0.15) is 5.10 Å². The molecule has 0 saturated heterocycles. The first-order valence-electron chi connectivity index (χ1n) is 7.50. The van der Waals surface area contributed by atoms with Gasteiger partial charge in [-0.1, -0.05) is 18.2 Å². The quantitative estimate of drug-likeness (QED) is 0.802. The van der Waals surface area contributed by atoms with Gasteiger partial charge in [-0.15, -0.1) is 0 Å². The van der Waals surface area contributed by atoms with Gasteiger partial charge in [0.25, 0.3) is 0 Å². The molecule has 0 radical (unpaired) electrons. The predicted molar refractivity (Wildman–Crippen MR) is 86.0 cm³/mol. The van der Waals surface area contributed by atoms with Crippen LogP contribution >= 0.6 is 0 Å². The largest absolute Gasteiger partial charge is 0.351 e. The third-order valence-electron chi connectivity index (χ3n) is 3.75. The van der Waals surface area contributed by atoms with Gasteiger partial charge in [0.15, 0.2) is 0 Å². The maximum Gasteiger partial charge on any atom is 0.222 e. The number of nitrogens with zero attached hydrogens (tertiary/aromatic N) is 4. The van der Waals surface area contributed by atoms with Crippen molar-refractivity contribution < 1.29 is 0 Å². The van der Waals surface area contributed by atoms with Gasteiger partial charge in [0.1, 0.15) is 0 Å². The molecule has 0 spiro atoms. The van der Waals surface area contributed by atoms with Crippen molar-refractivity contribution in [3.63, 3.8) is 0 Å². The first-order chi connectivity index (χ1) is 10.8. The molecule has 0 amide bonds. The molecule has 3 aromatic rings. The fraction of sp³-hybridized carbons (Fsp3) is 0.235. The molecule has 0 unspecified atom stereocenters. The van der Waals surface area contributed by atoms with Crippen LogP contribution in [0, 0.1) is 6.92 Å². The van der Waals surface area contributed by atoms with E-state index >= 15 is 0 Å². The van der Waals surface area contributed by atoms with E-state index in [-0.39, 0.29) is 0 Å². The minimum absolute atomic E-state index is 0.560. The summed E-state index contributed by atoms with van der Waals surface area (Å²) < 4.78 is 1.89. The van der Waals surface area contributed by atoms with Crippen molar-refractivity contribution in [3.05, 3.63) is 54.5 Å². The normalized spacial score (nSPS) is 14.0. The summed E-state index contributed by atoms with van der Waals surface area (Å²) in [7, 11) is 0. The Hall–Kier alpha value is -2.69. The summed E-state index contributed by atoms with van der Waals surface area (Å²) in [5.74, 6) is 0.700. The topological polar surface area (TPSA) is 55.6 Å². The summed E-state index contributed by atoms with van der Waals surface area (Å²) in [4.78, 5) is 8.77. The van der Waals surface area contributed by atoms with Crippen molar-refractivity contribution in [3.8, 4) is 16.9 Å². The van der Waals surface area contributed by atoms with Crippen LogP contribution in [0.3, 0.4) is 0 Å². The minimum Gasteiger partial charge on any atom is -0.351 e. The van der Waals surface area contributed by atoms with Crippen molar-refractivity contribution in [2.24, 2.45) is 0 Å². The molecule has 4 rings (SSSR count). The fourth-order valence-corrected chi connectivity index (χ4v) is 2.39. The molecule has 1 aromatic carbocycles. The van der Waals surface area contributed by atoms with Gasteiger partial charge in [0, 0.05) is 30.2 Å². The van der Waals surface area contributed by atoms with Gasteiger partial charge in [0.2, 0.25) is 5.95 Å². The summed E-state index contributed by atoms with van der Waals surface area (Å²) in [5, 5.41) is 7.96. The van der Waals surface area contributed by atoms with Crippen LogP contribution in [-0.2, 0) is 0 Å². The Morgan fingerprint density at radius 1 is 1.09 bits per heavy atom. The van der Waals surface area contributed by atoms with E-state index in [0.29, 0.717) is 12.0 Å². The molecule has 22 heavy (non-hydrogen) atoms. The Balaban J connectivity index is 1.63. The molecule has 2 aromatic heterocycles. The first kappa shape index (κ1) is 13.0. The van der Waals surface area contributed by atoms with Gasteiger partial charge in [-0.3, -0.25) is 0 Å². The van der Waals surface area contributed by atoms with Crippen molar-refractivity contribution in [2.75, 3.05) is 5.32 Å². The van der Waals surface area contributed by atoms with Crippen molar-refractivity contribution in [1.29, 1.82) is 0 Å². The second-order valence-corrected chi connectivity index (χ2v) is 5.65. The summed E-state index contributed by atoms with van der Waals surface area (Å²) in [6.45, 7) is 2.05. The van der Waals surface area contributed by atoms with E-state index in [9.17, 15) is 0 Å². The van der Waals surface area contributed by atoms with E-state index in [1.54, 1.807) is 0 Å². The first-order valence-corrected chi connectivity index (χ1v) is 7.50. The Morgan fingerprint density at radius 2 is 1.82 bits per heavy atom. The highest BCUT2D eigenvalue weighted by Gasteiger charge is 2.21. The molecule has 0 aliphatic heterocycles. The molecule has 0 bridgehead atoms. The van der Waals surface area contributed by atoms with Gasteiger partial charge in [-0.25, -0.2) is 14.6 Å². The second-order valence-electron chi connectivity index (χ2n) is 5.65. The van der Waals surface area contributed by atoms with E-state index < -0.39 is 0 Å². The van der Waals surface area contributed by atoms with Crippen LogP contribution in [-0.4, -0.2) is 25.8 Å². The van der Waals surface area contributed by atoms with Crippen molar-refractivity contribution >= 4 is 5.95 Å². The highest BCUT2D eigenvalue weighted by atomic mass is 15.3. The highest BCUT2D eigenvalue weighted by molar-refractivity contribution is 5.61. The van der Waals surface area contributed by atoms with Crippen LogP contribution in [0.25, 0.3) is 16.9 Å². The monoisotopic (exact) mass is 291 g/mol. The molecule has 1 N–H and O–H groups in total. The van der Waals surface area contributed by atoms with Gasteiger partial charge < -0.3 is 5.32 Å². The summed E-state index contributed by atoms with van der Waals surface area (Å²) in [6.07, 6.45) is 8.13. The molecule has 0 atom stereocenters. The van der Waals surface area contributed by atoms with Crippen LogP contribution in [0.1, 0.15) is 18.4 Å². The van der Waals surface area contributed by atoms with Crippen LogP contribution in [0.2, 0.25) is 0 Å². The van der Waals surface area contributed by atoms with Gasteiger partial charge >= 0.3 is 0 Å². The average molecular weight is 291 g/mol. The van der Waals surface area contributed by atoms with Crippen LogP contribution < -0.4 is 5.32 Å². The van der Waals surface area contributed by atoms with Gasteiger partial charge in [-0.05, 0) is 37.5 Å². The number of benzene rings is 1. The lowest BCUT2D eigenvalue weighted by Crippen LogP contribution is -2.04. The number of hydrogen-bond acceptors (Lipinski definition) is 4. The summed E-state index contributed by atoms with van der Waals surface area (Å²) in [5.41, 5.74) is 4.01. The molecule has 2 heterocycles. The summed E-state index contributed by atoms with van der Waals surface area (Å²) in [6, 6.07) is 10.6. The predicted octanol–water partition coefficient (Wildman–Crippen LogP) is 3.21. The molecule has 5 heteroatoms. The lowest BCUT2D eigenvalue weighted by molar-refractivity contribution is 0.883. The Morgan fingerprint density at radius 3 is 2.50 bits per heavy atom. The SMILES string of the molecule is Cc1cn(-c2ccccc2)nc1-c1cnc(NC2CC2)nc1. The van der Waals surface area contributed by atoms with Crippen LogP contribution in [0.4, 0.5) is 5.95 Å². The Labute approximate surface area is 129 Å². The number of rotatable bonds is 4. The molecule has 1 aliphatic rings. The summed E-state index contributed by atoms with van der Waals surface area (Å²) >= 11 is 0. The molecule has 1 aliphatic carbocycles. The molecule has 110 valence electrons. The second kappa shape index (κ2) is 5.26. The molecular weight excluding hydrogens is 274 g/mol. The van der Waals surface area contributed by atoms with Crippen molar-refractivity contribution in [2.45, 2.75) is 25.8 Å². The zero-order chi connectivity index (χ0) is 14.9. The maximum atomic E-state index is 4.67. The number of para-hydroxylation sites is 1. The third-order valence-corrected chi connectivity index (χ3v) is 3.75. The number of nitrogens with one attached hydrogen (secondary N) is 1. The average Bonchev–Trinajstić information content (AvgIpc) is 3.29. The highest BCUT2D eigenvalue weighted by Crippen LogP contribution is 2.25. The third kappa shape index (κ3) is 2.57. The lowest BCUT2D eigenvalue weighted by Gasteiger charge is -2.03. The maximum absolute atomic E-state index is 4.67. The van der Waals surface area contributed by atoms with Crippen LogP contribution in [0.15, 0.2) is 48.9 Å². The molecule has 5 nitrogen and oxygen atoms in total. The van der Waals surface area contributed by atoms with Crippen LogP contribution in [0.5, 0.6) is 0 Å². The van der Waals surface area contributed by atoms with E-state index in [1.807, 2.05) is 53.6 Å².